The van der Waals surface area contributed by atoms with Crippen LogP contribution in [0.1, 0.15) is 15.9 Å². The van der Waals surface area contributed by atoms with Crippen molar-refractivity contribution in [3.8, 4) is 0 Å². The van der Waals surface area contributed by atoms with E-state index >= 15 is 0 Å². The van der Waals surface area contributed by atoms with Crippen LogP contribution < -0.4 is 5.73 Å². The van der Waals surface area contributed by atoms with Crippen molar-refractivity contribution in [1.29, 1.82) is 0 Å². The Bertz CT molecular complexity index is 825. The molecule has 0 fully saturated rings. The summed E-state index contributed by atoms with van der Waals surface area (Å²) in [6, 6.07) is 8.04. The number of hydrogen-bond acceptors (Lipinski definition) is 2. The van der Waals surface area contributed by atoms with Crippen molar-refractivity contribution in [3.05, 3.63) is 64.7 Å². The van der Waals surface area contributed by atoms with E-state index in [0.717, 1.165) is 17.1 Å². The van der Waals surface area contributed by atoms with Crippen molar-refractivity contribution in [1.82, 2.24) is 9.55 Å². The molecule has 0 radical (unpaired) electrons. The van der Waals surface area contributed by atoms with Crippen LogP contribution in [0, 0.1) is 5.82 Å². The summed E-state index contributed by atoms with van der Waals surface area (Å²) in [6.07, 6.45) is 3.51. The summed E-state index contributed by atoms with van der Waals surface area (Å²) in [5, 5.41) is 0.176. The highest BCUT2D eigenvalue weighted by molar-refractivity contribution is 6.31. The number of carbonyl (C=O) groups is 1. The van der Waals surface area contributed by atoms with E-state index < -0.39 is 11.7 Å². The van der Waals surface area contributed by atoms with Gasteiger partial charge in [0.2, 0.25) is 5.91 Å². The van der Waals surface area contributed by atoms with Crippen LogP contribution in [0.4, 0.5) is 4.39 Å². The standard InChI is InChI=1S/C15H11ClFN3O.ClH/c16-11-6-9(15(18)21)7-12(17)10(11)8-20-5-3-13-14(20)2-1-4-19-13;/h1-7H,8H2,(H2,18,21);1H. The Kier molecular flexibility index (Phi) is 4.68. The second-order valence-corrected chi connectivity index (χ2v) is 5.04. The lowest BCUT2D eigenvalue weighted by molar-refractivity contribution is 0.1000. The first-order chi connectivity index (χ1) is 10.1. The van der Waals surface area contributed by atoms with Crippen LogP contribution in [0.3, 0.4) is 0 Å². The average Bonchev–Trinajstić information content (AvgIpc) is 2.86. The molecule has 0 bridgehead atoms. The maximum absolute atomic E-state index is 14.1. The SMILES string of the molecule is Cl.NC(=O)c1cc(F)c(Cn2ccc3ncccc32)c(Cl)c1. The van der Waals surface area contributed by atoms with E-state index in [0.29, 0.717) is 5.56 Å². The molecule has 22 heavy (non-hydrogen) atoms. The number of primary amides is 1. The minimum Gasteiger partial charge on any atom is -0.366 e. The van der Waals surface area contributed by atoms with E-state index in [4.69, 9.17) is 17.3 Å². The van der Waals surface area contributed by atoms with E-state index in [1.54, 1.807) is 6.20 Å². The number of halogens is 3. The Morgan fingerprint density at radius 2 is 2.14 bits per heavy atom. The number of amides is 1. The summed E-state index contributed by atoms with van der Waals surface area (Å²) in [5.41, 5.74) is 7.20. The van der Waals surface area contributed by atoms with Crippen molar-refractivity contribution >= 4 is 40.9 Å². The first-order valence-electron chi connectivity index (χ1n) is 6.24. The van der Waals surface area contributed by atoms with Gasteiger partial charge in [-0.15, -0.1) is 12.4 Å². The smallest absolute Gasteiger partial charge is 0.248 e. The van der Waals surface area contributed by atoms with E-state index in [9.17, 15) is 9.18 Å². The van der Waals surface area contributed by atoms with Crippen molar-refractivity contribution < 1.29 is 9.18 Å². The van der Waals surface area contributed by atoms with Crippen LogP contribution in [-0.2, 0) is 6.54 Å². The van der Waals surface area contributed by atoms with E-state index in [1.165, 1.54) is 6.07 Å². The summed E-state index contributed by atoms with van der Waals surface area (Å²) < 4.78 is 16.0. The molecular formula is C15H12Cl2FN3O. The third kappa shape index (κ3) is 2.91. The molecule has 0 aliphatic carbocycles. The number of nitrogens with two attached hydrogens (primary N) is 1. The first-order valence-corrected chi connectivity index (χ1v) is 6.61. The maximum atomic E-state index is 14.1. The molecule has 1 amide bonds. The van der Waals surface area contributed by atoms with E-state index in [1.807, 2.05) is 29.0 Å². The summed E-state index contributed by atoms with van der Waals surface area (Å²) in [5.74, 6) is -1.26. The predicted octanol–water partition coefficient (Wildman–Crippen LogP) is 3.40. The molecule has 114 valence electrons. The fraction of sp³-hybridized carbons (Fsp3) is 0.0667. The largest absolute Gasteiger partial charge is 0.366 e. The van der Waals surface area contributed by atoms with Gasteiger partial charge in [-0.3, -0.25) is 9.78 Å². The summed E-state index contributed by atoms with van der Waals surface area (Å²) >= 11 is 6.07. The van der Waals surface area contributed by atoms with Crippen molar-refractivity contribution in [3.63, 3.8) is 0 Å². The highest BCUT2D eigenvalue weighted by Gasteiger charge is 2.13. The Hall–Kier alpha value is -2.11. The fourth-order valence-electron chi connectivity index (χ4n) is 2.23. The number of hydrogen-bond donors (Lipinski definition) is 1. The maximum Gasteiger partial charge on any atom is 0.248 e. The minimum absolute atomic E-state index is 0. The number of benzene rings is 1. The molecule has 0 saturated carbocycles. The Labute approximate surface area is 137 Å². The van der Waals surface area contributed by atoms with Crippen molar-refractivity contribution in [2.45, 2.75) is 6.54 Å². The third-order valence-electron chi connectivity index (χ3n) is 3.29. The van der Waals surface area contributed by atoms with Crippen molar-refractivity contribution in [2.75, 3.05) is 0 Å². The van der Waals surface area contributed by atoms with Gasteiger partial charge >= 0.3 is 0 Å². The zero-order chi connectivity index (χ0) is 15.0. The number of aromatic nitrogens is 2. The average molecular weight is 340 g/mol. The number of carbonyl (C=O) groups excluding carboxylic acids is 1. The van der Waals surface area contributed by atoms with Crippen LogP contribution in [0.25, 0.3) is 11.0 Å². The van der Waals surface area contributed by atoms with E-state index in [2.05, 4.69) is 4.98 Å². The van der Waals surface area contributed by atoms with Crippen LogP contribution in [-0.4, -0.2) is 15.5 Å². The molecule has 0 atom stereocenters. The number of nitrogens with zero attached hydrogens (tertiary/aromatic N) is 2. The lowest BCUT2D eigenvalue weighted by Gasteiger charge is -2.10. The zero-order valence-electron chi connectivity index (χ0n) is 11.3. The Morgan fingerprint density at radius 3 is 2.82 bits per heavy atom. The zero-order valence-corrected chi connectivity index (χ0v) is 12.9. The van der Waals surface area contributed by atoms with Crippen LogP contribution in [0.15, 0.2) is 42.7 Å². The lowest BCUT2D eigenvalue weighted by Crippen LogP contribution is -2.12. The minimum atomic E-state index is -0.710. The monoisotopic (exact) mass is 339 g/mol. The molecular weight excluding hydrogens is 328 g/mol. The molecule has 2 N–H and O–H groups in total. The number of rotatable bonds is 3. The van der Waals surface area contributed by atoms with Gasteiger partial charge in [0.05, 0.1) is 17.6 Å². The fourth-order valence-corrected chi connectivity index (χ4v) is 2.49. The summed E-state index contributed by atoms with van der Waals surface area (Å²) in [4.78, 5) is 15.3. The second-order valence-electron chi connectivity index (χ2n) is 4.63. The van der Waals surface area contributed by atoms with Gasteiger partial charge in [0.25, 0.3) is 0 Å². The van der Waals surface area contributed by atoms with Gasteiger partial charge < -0.3 is 10.3 Å². The lowest BCUT2D eigenvalue weighted by atomic mass is 10.1. The van der Waals surface area contributed by atoms with Gasteiger partial charge in [0, 0.05) is 28.5 Å². The molecule has 1 aromatic carbocycles. The number of pyridine rings is 1. The molecule has 0 aliphatic heterocycles. The summed E-state index contributed by atoms with van der Waals surface area (Å²) in [6.45, 7) is 0.249. The molecule has 2 aromatic heterocycles. The second kappa shape index (κ2) is 6.34. The molecule has 3 rings (SSSR count). The van der Waals surface area contributed by atoms with Gasteiger partial charge in [-0.1, -0.05) is 11.6 Å². The number of fused-ring (bicyclic) bond motifs is 1. The van der Waals surface area contributed by atoms with Gasteiger partial charge in [0.1, 0.15) is 5.82 Å². The molecule has 4 nitrogen and oxygen atoms in total. The molecule has 0 aliphatic rings. The summed E-state index contributed by atoms with van der Waals surface area (Å²) in [7, 11) is 0. The Balaban J connectivity index is 0.00000176. The highest BCUT2D eigenvalue weighted by atomic mass is 35.5. The van der Waals surface area contributed by atoms with Gasteiger partial charge in [-0.25, -0.2) is 4.39 Å². The highest BCUT2D eigenvalue weighted by Crippen LogP contribution is 2.24. The predicted molar refractivity (Wildman–Crippen MR) is 86.0 cm³/mol. The van der Waals surface area contributed by atoms with E-state index in [-0.39, 0.29) is 29.5 Å². The van der Waals surface area contributed by atoms with Crippen LogP contribution in [0.2, 0.25) is 5.02 Å². The normalized spacial score (nSPS) is 10.5. The molecule has 7 heteroatoms. The van der Waals surface area contributed by atoms with Crippen molar-refractivity contribution in [2.24, 2.45) is 5.73 Å². The van der Waals surface area contributed by atoms with Gasteiger partial charge in [0.15, 0.2) is 0 Å². The molecule has 3 aromatic rings. The Morgan fingerprint density at radius 1 is 1.36 bits per heavy atom. The molecule has 0 unspecified atom stereocenters. The van der Waals surface area contributed by atoms with Gasteiger partial charge in [-0.2, -0.15) is 0 Å². The van der Waals surface area contributed by atoms with Crippen LogP contribution >= 0.6 is 24.0 Å². The quantitative estimate of drug-likeness (QED) is 0.794. The van der Waals surface area contributed by atoms with Crippen LogP contribution in [0.5, 0.6) is 0 Å². The molecule has 0 spiro atoms. The van der Waals surface area contributed by atoms with Gasteiger partial charge in [-0.05, 0) is 30.3 Å². The third-order valence-corrected chi connectivity index (χ3v) is 3.63. The first kappa shape index (κ1) is 16.3. The topological polar surface area (TPSA) is 60.9 Å². The molecule has 2 heterocycles. The molecule has 0 saturated heterocycles.